The van der Waals surface area contributed by atoms with E-state index in [4.69, 9.17) is 14.2 Å². The summed E-state index contributed by atoms with van der Waals surface area (Å²) in [4.78, 5) is 38.0. The fourth-order valence-electron chi connectivity index (χ4n) is 7.18. The highest BCUT2D eigenvalue weighted by atomic mass is 16.6. The lowest BCUT2D eigenvalue weighted by Gasteiger charge is -2.18. The van der Waals surface area contributed by atoms with Crippen molar-refractivity contribution < 1.29 is 28.6 Å². The molecule has 1 unspecified atom stereocenters. The SMILES string of the molecule is CC/C=C\C/C=C\C/C=C\C/C=C\C/C=C\CCCC(=O)OCC(COC(=O)CCCCCCCCCCCCCCCCC)OC(=O)CCC/C=C\C/C=C\C/C=C\C/C=C\CCCCC. The van der Waals surface area contributed by atoms with Gasteiger partial charge in [0.2, 0.25) is 0 Å². The summed E-state index contributed by atoms with van der Waals surface area (Å²) in [5, 5.41) is 0. The maximum absolute atomic E-state index is 12.8. The van der Waals surface area contributed by atoms with E-state index < -0.39 is 6.10 Å². The van der Waals surface area contributed by atoms with Gasteiger partial charge in [-0.25, -0.2) is 0 Å². The molecule has 0 aromatic rings. The molecule has 0 N–H and O–H groups in total. The van der Waals surface area contributed by atoms with Crippen LogP contribution in [0.15, 0.2) is 109 Å². The number of hydrogen-bond acceptors (Lipinski definition) is 6. The first kappa shape index (κ1) is 63.1. The molecule has 0 saturated carbocycles. The van der Waals surface area contributed by atoms with Crippen LogP contribution in [0, 0.1) is 0 Å². The summed E-state index contributed by atoms with van der Waals surface area (Å²) < 4.78 is 16.7. The molecule has 0 amide bonds. The Balaban J connectivity index is 4.57. The molecule has 67 heavy (non-hydrogen) atoms. The zero-order valence-electron chi connectivity index (χ0n) is 43.4. The predicted octanol–water partition coefficient (Wildman–Crippen LogP) is 18.3. The second kappa shape index (κ2) is 54.7. The average molecular weight is 929 g/mol. The Bertz CT molecular complexity index is 1390. The van der Waals surface area contributed by atoms with E-state index in [0.717, 1.165) is 83.5 Å². The molecule has 6 heteroatoms. The minimum absolute atomic E-state index is 0.117. The molecule has 0 aromatic carbocycles. The molecule has 0 aliphatic carbocycles. The molecule has 0 heterocycles. The van der Waals surface area contributed by atoms with Gasteiger partial charge in [-0.1, -0.05) is 233 Å². The molecule has 0 aliphatic heterocycles. The van der Waals surface area contributed by atoms with Crippen LogP contribution in [0.3, 0.4) is 0 Å². The van der Waals surface area contributed by atoms with E-state index in [-0.39, 0.29) is 44.0 Å². The van der Waals surface area contributed by atoms with Crippen molar-refractivity contribution in [3.05, 3.63) is 109 Å². The molecule has 1 atom stereocenters. The van der Waals surface area contributed by atoms with Gasteiger partial charge in [-0.3, -0.25) is 14.4 Å². The first-order valence-electron chi connectivity index (χ1n) is 27.4. The van der Waals surface area contributed by atoms with Crippen molar-refractivity contribution in [1.29, 1.82) is 0 Å². The van der Waals surface area contributed by atoms with Gasteiger partial charge in [0.1, 0.15) is 13.2 Å². The zero-order valence-corrected chi connectivity index (χ0v) is 43.4. The minimum atomic E-state index is -0.830. The van der Waals surface area contributed by atoms with Gasteiger partial charge in [0, 0.05) is 19.3 Å². The second-order valence-electron chi connectivity index (χ2n) is 17.8. The average Bonchev–Trinajstić information content (AvgIpc) is 3.33. The van der Waals surface area contributed by atoms with Crippen molar-refractivity contribution >= 4 is 17.9 Å². The molecule has 0 aliphatic rings. The first-order chi connectivity index (χ1) is 33.0. The van der Waals surface area contributed by atoms with Crippen LogP contribution in [-0.2, 0) is 28.6 Å². The fourth-order valence-corrected chi connectivity index (χ4v) is 7.18. The highest BCUT2D eigenvalue weighted by Crippen LogP contribution is 2.15. The Morgan fingerprint density at radius 1 is 0.313 bits per heavy atom. The third-order valence-electron chi connectivity index (χ3n) is 11.3. The van der Waals surface area contributed by atoms with Crippen LogP contribution in [0.5, 0.6) is 0 Å². The number of carbonyl (C=O) groups excluding carboxylic acids is 3. The van der Waals surface area contributed by atoms with Crippen LogP contribution in [0.25, 0.3) is 0 Å². The molecule has 6 nitrogen and oxygen atoms in total. The van der Waals surface area contributed by atoms with Gasteiger partial charge in [0.05, 0.1) is 0 Å². The highest BCUT2D eigenvalue weighted by Gasteiger charge is 2.19. The largest absolute Gasteiger partial charge is 0.462 e. The number of rotatable bonds is 48. The standard InChI is InChI=1S/C61H100O6/c1-4-7-10-13-16-19-22-25-28-30-33-36-39-42-45-48-51-54-60(63)66-57-58(56-65-59(62)53-50-47-44-41-38-35-32-27-24-21-18-15-12-9-6-3)67-61(64)55-52-49-46-43-40-37-34-31-29-26-23-20-17-14-11-8-5-2/h7,10,16-17,19-20,25-26,28-29,33-34,36-37,42-43,45-46,58H,4-6,8-9,11-15,18,21-24,27,30-32,35,38-41,44,47-57H2,1-3H3/b10-7-,19-16-,20-17-,28-25-,29-26-,36-33-,37-34-,45-42-,46-43-. The van der Waals surface area contributed by atoms with Gasteiger partial charge < -0.3 is 14.2 Å². The topological polar surface area (TPSA) is 78.9 Å². The fraction of sp³-hybridized carbons (Fsp3) is 0.656. The molecular weight excluding hydrogens is 829 g/mol. The van der Waals surface area contributed by atoms with Crippen molar-refractivity contribution in [1.82, 2.24) is 0 Å². The van der Waals surface area contributed by atoms with Gasteiger partial charge >= 0.3 is 17.9 Å². The molecule has 0 fully saturated rings. The van der Waals surface area contributed by atoms with E-state index in [2.05, 4.69) is 130 Å². The third-order valence-corrected chi connectivity index (χ3v) is 11.3. The summed E-state index contributed by atoms with van der Waals surface area (Å²) in [5.74, 6) is -1.04. The Morgan fingerprint density at radius 2 is 0.597 bits per heavy atom. The van der Waals surface area contributed by atoms with Gasteiger partial charge in [0.15, 0.2) is 6.10 Å². The van der Waals surface area contributed by atoms with E-state index in [0.29, 0.717) is 19.3 Å². The van der Waals surface area contributed by atoms with E-state index in [1.165, 1.54) is 103 Å². The summed E-state index contributed by atoms with van der Waals surface area (Å²) in [6.45, 7) is 6.40. The summed E-state index contributed by atoms with van der Waals surface area (Å²) in [5.41, 5.74) is 0. The maximum atomic E-state index is 12.8. The zero-order chi connectivity index (χ0) is 48.6. The normalized spacial score (nSPS) is 12.9. The number of ether oxygens (including phenoxy) is 3. The Morgan fingerprint density at radius 3 is 0.970 bits per heavy atom. The lowest BCUT2D eigenvalue weighted by molar-refractivity contribution is -0.167. The van der Waals surface area contributed by atoms with E-state index in [1.807, 2.05) is 0 Å². The quantitative estimate of drug-likeness (QED) is 0.0262. The molecular formula is C61H100O6. The summed E-state index contributed by atoms with van der Waals surface area (Å²) >= 11 is 0. The number of carbonyl (C=O) groups is 3. The lowest BCUT2D eigenvalue weighted by atomic mass is 10.0. The van der Waals surface area contributed by atoms with Crippen LogP contribution in [0.2, 0.25) is 0 Å². The van der Waals surface area contributed by atoms with Crippen molar-refractivity contribution in [2.75, 3.05) is 13.2 Å². The molecule has 0 spiro atoms. The van der Waals surface area contributed by atoms with Crippen molar-refractivity contribution in [3.63, 3.8) is 0 Å². The van der Waals surface area contributed by atoms with Crippen LogP contribution in [0.4, 0.5) is 0 Å². The number of hydrogen-bond donors (Lipinski definition) is 0. The van der Waals surface area contributed by atoms with Crippen molar-refractivity contribution in [3.8, 4) is 0 Å². The Hall–Kier alpha value is -3.93. The van der Waals surface area contributed by atoms with Crippen LogP contribution in [-0.4, -0.2) is 37.2 Å². The Kier molecular flexibility index (Phi) is 51.5. The third kappa shape index (κ3) is 52.9. The molecule has 0 radical (unpaired) electrons. The van der Waals surface area contributed by atoms with Gasteiger partial charge in [-0.2, -0.15) is 0 Å². The Labute approximate surface area is 412 Å². The highest BCUT2D eigenvalue weighted by molar-refractivity contribution is 5.71. The van der Waals surface area contributed by atoms with Crippen molar-refractivity contribution in [2.45, 2.75) is 245 Å². The second-order valence-corrected chi connectivity index (χ2v) is 17.8. The maximum Gasteiger partial charge on any atom is 0.306 e. The molecule has 0 rings (SSSR count). The number of unbranched alkanes of at least 4 members (excludes halogenated alkanes) is 19. The smallest absolute Gasteiger partial charge is 0.306 e. The summed E-state index contributed by atoms with van der Waals surface area (Å²) in [6, 6.07) is 0. The molecule has 380 valence electrons. The van der Waals surface area contributed by atoms with E-state index in [9.17, 15) is 14.4 Å². The van der Waals surface area contributed by atoms with Gasteiger partial charge in [-0.05, 0) is 96.3 Å². The lowest BCUT2D eigenvalue weighted by Crippen LogP contribution is -2.30. The molecule has 0 aromatic heterocycles. The van der Waals surface area contributed by atoms with Crippen LogP contribution < -0.4 is 0 Å². The van der Waals surface area contributed by atoms with Crippen LogP contribution >= 0.6 is 0 Å². The summed E-state index contributed by atoms with van der Waals surface area (Å²) in [6.07, 6.45) is 73.7. The summed E-state index contributed by atoms with van der Waals surface area (Å²) in [7, 11) is 0. The minimum Gasteiger partial charge on any atom is -0.462 e. The monoisotopic (exact) mass is 929 g/mol. The number of allylic oxidation sites excluding steroid dienone is 18. The van der Waals surface area contributed by atoms with Gasteiger partial charge in [-0.15, -0.1) is 0 Å². The number of esters is 3. The predicted molar refractivity (Wildman–Crippen MR) is 288 cm³/mol. The van der Waals surface area contributed by atoms with E-state index >= 15 is 0 Å². The molecule has 0 bridgehead atoms. The van der Waals surface area contributed by atoms with Gasteiger partial charge in [0.25, 0.3) is 0 Å². The molecule has 0 saturated heterocycles. The first-order valence-corrected chi connectivity index (χ1v) is 27.4. The van der Waals surface area contributed by atoms with E-state index in [1.54, 1.807) is 0 Å². The van der Waals surface area contributed by atoms with Crippen LogP contribution in [0.1, 0.15) is 239 Å². The van der Waals surface area contributed by atoms with Crippen molar-refractivity contribution in [2.24, 2.45) is 0 Å².